The molecular weight excluding hydrogens is 306 g/mol. The molecule has 0 atom stereocenters. The van der Waals surface area contributed by atoms with E-state index in [1.807, 2.05) is 0 Å². The summed E-state index contributed by atoms with van der Waals surface area (Å²) in [6.45, 7) is 0.128. The van der Waals surface area contributed by atoms with Gasteiger partial charge < -0.3 is 15.8 Å². The average molecular weight is 323 g/mol. The van der Waals surface area contributed by atoms with Crippen molar-refractivity contribution < 1.29 is 14.3 Å². The zero-order valence-electron chi connectivity index (χ0n) is 13.0. The van der Waals surface area contributed by atoms with E-state index in [-0.39, 0.29) is 24.5 Å². The maximum Gasteiger partial charge on any atom is 0.252 e. The van der Waals surface area contributed by atoms with Gasteiger partial charge >= 0.3 is 0 Å². The van der Waals surface area contributed by atoms with Crippen LogP contribution in [0.25, 0.3) is 0 Å². The molecule has 6 nitrogen and oxygen atoms in total. The highest BCUT2D eigenvalue weighted by atomic mass is 16.5. The second-order valence-electron chi connectivity index (χ2n) is 5.04. The van der Waals surface area contributed by atoms with Gasteiger partial charge in [-0.1, -0.05) is 24.3 Å². The summed E-state index contributed by atoms with van der Waals surface area (Å²) < 4.78 is 5.46. The van der Waals surface area contributed by atoms with Gasteiger partial charge in [-0.05, 0) is 29.8 Å². The molecular formula is C18H17N3O3. The number of hydrogen-bond donors (Lipinski definition) is 2. The number of nitriles is 1. The van der Waals surface area contributed by atoms with Gasteiger partial charge in [-0.15, -0.1) is 0 Å². The number of rotatable bonds is 7. The van der Waals surface area contributed by atoms with E-state index in [2.05, 4.69) is 11.4 Å². The Morgan fingerprint density at radius 3 is 2.50 bits per heavy atom. The van der Waals surface area contributed by atoms with E-state index in [0.29, 0.717) is 17.9 Å². The smallest absolute Gasteiger partial charge is 0.252 e. The molecule has 2 aromatic carbocycles. The zero-order valence-corrected chi connectivity index (χ0v) is 13.0. The van der Waals surface area contributed by atoms with Crippen LogP contribution in [0.15, 0.2) is 48.5 Å². The van der Waals surface area contributed by atoms with Crippen molar-refractivity contribution in [1.82, 2.24) is 0 Å². The maximum atomic E-state index is 11.9. The van der Waals surface area contributed by atoms with Crippen molar-refractivity contribution in [2.24, 2.45) is 5.73 Å². The van der Waals surface area contributed by atoms with Crippen molar-refractivity contribution in [2.75, 3.05) is 11.9 Å². The Kier molecular flexibility index (Phi) is 5.92. The highest BCUT2D eigenvalue weighted by Crippen LogP contribution is 2.17. The molecule has 6 heteroatoms. The van der Waals surface area contributed by atoms with E-state index in [0.717, 1.165) is 5.56 Å². The molecule has 0 unspecified atom stereocenters. The van der Waals surface area contributed by atoms with E-state index in [4.69, 9.17) is 15.7 Å². The molecule has 0 bridgehead atoms. The zero-order chi connectivity index (χ0) is 17.4. The summed E-state index contributed by atoms with van der Waals surface area (Å²) >= 11 is 0. The van der Waals surface area contributed by atoms with Gasteiger partial charge in [-0.3, -0.25) is 9.59 Å². The van der Waals surface area contributed by atoms with E-state index >= 15 is 0 Å². The molecule has 2 amide bonds. The number of carbonyl (C=O) groups is 2. The Bertz CT molecular complexity index is 764. The summed E-state index contributed by atoms with van der Waals surface area (Å²) in [7, 11) is 0. The Hall–Kier alpha value is -3.33. The molecule has 0 saturated heterocycles. The van der Waals surface area contributed by atoms with Crippen LogP contribution in [0, 0.1) is 11.3 Å². The lowest BCUT2D eigenvalue weighted by atomic mass is 10.1. The number of anilines is 1. The molecule has 3 N–H and O–H groups in total. The Morgan fingerprint density at radius 1 is 1.12 bits per heavy atom. The standard InChI is InChI=1S/C18H17N3O3/c19-11-9-13-5-7-14(8-6-13)21-17(22)10-12-24-16-4-2-1-3-15(16)18(20)23/h1-8H,9-10,12H2,(H2,20,23)(H,21,22). The summed E-state index contributed by atoms with van der Waals surface area (Å²) in [5.41, 5.74) is 7.09. The van der Waals surface area contributed by atoms with Gasteiger partial charge in [0.05, 0.1) is 31.1 Å². The fourth-order valence-electron chi connectivity index (χ4n) is 2.07. The SMILES string of the molecule is N#CCc1ccc(NC(=O)CCOc2ccccc2C(N)=O)cc1. The van der Waals surface area contributed by atoms with E-state index in [1.54, 1.807) is 48.5 Å². The summed E-state index contributed by atoms with van der Waals surface area (Å²) in [5, 5.41) is 11.4. The number of primary amides is 1. The average Bonchev–Trinajstić information content (AvgIpc) is 2.57. The molecule has 0 aliphatic rings. The van der Waals surface area contributed by atoms with Crippen LogP contribution in [0.5, 0.6) is 5.75 Å². The lowest BCUT2D eigenvalue weighted by Crippen LogP contribution is -2.17. The van der Waals surface area contributed by atoms with Crippen molar-refractivity contribution >= 4 is 17.5 Å². The number of benzene rings is 2. The molecule has 122 valence electrons. The number of para-hydroxylation sites is 1. The van der Waals surface area contributed by atoms with Gasteiger partial charge in [0, 0.05) is 5.69 Å². The first-order valence-corrected chi connectivity index (χ1v) is 7.37. The van der Waals surface area contributed by atoms with Crippen LogP contribution in [0.1, 0.15) is 22.3 Å². The normalized spacial score (nSPS) is 9.79. The van der Waals surface area contributed by atoms with Crippen LogP contribution in [0.2, 0.25) is 0 Å². The Balaban J connectivity index is 1.83. The number of hydrogen-bond acceptors (Lipinski definition) is 4. The molecule has 0 fully saturated rings. The number of amides is 2. The second-order valence-corrected chi connectivity index (χ2v) is 5.04. The van der Waals surface area contributed by atoms with Crippen LogP contribution < -0.4 is 15.8 Å². The van der Waals surface area contributed by atoms with Crippen molar-refractivity contribution in [3.63, 3.8) is 0 Å². The van der Waals surface area contributed by atoms with Crippen molar-refractivity contribution in [1.29, 1.82) is 5.26 Å². The number of carbonyl (C=O) groups excluding carboxylic acids is 2. The van der Waals surface area contributed by atoms with Crippen LogP contribution in [0.4, 0.5) is 5.69 Å². The monoisotopic (exact) mass is 323 g/mol. The number of nitrogens with two attached hydrogens (primary N) is 1. The fraction of sp³-hybridized carbons (Fsp3) is 0.167. The molecule has 0 heterocycles. The minimum Gasteiger partial charge on any atom is -0.492 e. The quantitative estimate of drug-likeness (QED) is 0.815. The van der Waals surface area contributed by atoms with Crippen LogP contribution in [-0.4, -0.2) is 18.4 Å². The first kappa shape index (κ1) is 17.0. The lowest BCUT2D eigenvalue weighted by molar-refractivity contribution is -0.116. The summed E-state index contributed by atoms with van der Waals surface area (Å²) in [6, 6.07) is 15.7. The number of ether oxygens (including phenoxy) is 1. The minimum atomic E-state index is -0.576. The second kappa shape index (κ2) is 8.34. The first-order valence-electron chi connectivity index (χ1n) is 7.37. The minimum absolute atomic E-state index is 0.128. The molecule has 24 heavy (non-hydrogen) atoms. The van der Waals surface area contributed by atoms with Crippen LogP contribution in [-0.2, 0) is 11.2 Å². The summed E-state index contributed by atoms with van der Waals surface area (Å²) in [5.74, 6) is -0.425. The molecule has 0 saturated carbocycles. The Morgan fingerprint density at radius 2 is 1.83 bits per heavy atom. The third kappa shape index (κ3) is 4.85. The molecule has 0 aromatic heterocycles. The largest absolute Gasteiger partial charge is 0.492 e. The van der Waals surface area contributed by atoms with Gasteiger partial charge in [0.1, 0.15) is 5.75 Å². The van der Waals surface area contributed by atoms with Crippen LogP contribution in [0.3, 0.4) is 0 Å². The van der Waals surface area contributed by atoms with E-state index in [9.17, 15) is 9.59 Å². The number of nitrogens with one attached hydrogen (secondary N) is 1. The van der Waals surface area contributed by atoms with Gasteiger partial charge in [0.2, 0.25) is 5.91 Å². The van der Waals surface area contributed by atoms with Gasteiger partial charge in [0.15, 0.2) is 0 Å². The van der Waals surface area contributed by atoms with Gasteiger partial charge in [-0.2, -0.15) is 5.26 Å². The highest BCUT2D eigenvalue weighted by molar-refractivity contribution is 5.95. The predicted octanol–water partition coefficient (Wildman–Crippen LogP) is 2.26. The predicted molar refractivity (Wildman–Crippen MR) is 89.5 cm³/mol. The maximum absolute atomic E-state index is 11.9. The van der Waals surface area contributed by atoms with E-state index < -0.39 is 5.91 Å². The third-order valence-corrected chi connectivity index (χ3v) is 3.26. The molecule has 2 rings (SSSR count). The van der Waals surface area contributed by atoms with E-state index in [1.165, 1.54) is 0 Å². The van der Waals surface area contributed by atoms with Gasteiger partial charge in [0.25, 0.3) is 5.91 Å². The van der Waals surface area contributed by atoms with Gasteiger partial charge in [-0.25, -0.2) is 0 Å². The molecule has 0 radical (unpaired) electrons. The lowest BCUT2D eigenvalue weighted by Gasteiger charge is -2.10. The summed E-state index contributed by atoms with van der Waals surface area (Å²) in [4.78, 5) is 23.2. The Labute approximate surface area is 139 Å². The fourth-order valence-corrected chi connectivity index (χ4v) is 2.07. The molecule has 2 aromatic rings. The first-order chi connectivity index (χ1) is 11.6. The molecule has 0 aliphatic heterocycles. The highest BCUT2D eigenvalue weighted by Gasteiger charge is 2.09. The summed E-state index contributed by atoms with van der Waals surface area (Å²) in [6.07, 6.45) is 0.467. The molecule has 0 spiro atoms. The van der Waals surface area contributed by atoms with Crippen molar-refractivity contribution in [2.45, 2.75) is 12.8 Å². The van der Waals surface area contributed by atoms with Crippen molar-refractivity contribution in [3.8, 4) is 11.8 Å². The molecule has 0 aliphatic carbocycles. The van der Waals surface area contributed by atoms with Crippen molar-refractivity contribution in [3.05, 3.63) is 59.7 Å². The topological polar surface area (TPSA) is 105 Å². The number of nitrogens with zero attached hydrogens (tertiary/aromatic N) is 1. The third-order valence-electron chi connectivity index (χ3n) is 3.26. The van der Waals surface area contributed by atoms with Crippen LogP contribution >= 0.6 is 0 Å².